The SMILES string of the molecule is CCCCc1ccccc1CCOC(=O)c1ccccc1OCC. The molecule has 2 aromatic rings. The first-order valence-corrected chi connectivity index (χ1v) is 8.72. The molecule has 2 rings (SSSR count). The Labute approximate surface area is 144 Å². The lowest BCUT2D eigenvalue weighted by atomic mass is 10.0. The van der Waals surface area contributed by atoms with E-state index in [0.29, 0.717) is 24.5 Å². The van der Waals surface area contributed by atoms with Gasteiger partial charge in [0.1, 0.15) is 11.3 Å². The molecule has 0 aliphatic rings. The van der Waals surface area contributed by atoms with E-state index in [-0.39, 0.29) is 5.97 Å². The van der Waals surface area contributed by atoms with Gasteiger partial charge in [-0.2, -0.15) is 0 Å². The quantitative estimate of drug-likeness (QED) is 0.619. The fraction of sp³-hybridized carbons (Fsp3) is 0.381. The van der Waals surface area contributed by atoms with Gasteiger partial charge in [-0.1, -0.05) is 49.7 Å². The van der Waals surface area contributed by atoms with E-state index >= 15 is 0 Å². The number of carbonyl (C=O) groups is 1. The van der Waals surface area contributed by atoms with Crippen molar-refractivity contribution in [1.82, 2.24) is 0 Å². The van der Waals surface area contributed by atoms with Crippen molar-refractivity contribution in [2.75, 3.05) is 13.2 Å². The van der Waals surface area contributed by atoms with Crippen molar-refractivity contribution in [2.45, 2.75) is 39.5 Å². The standard InChI is InChI=1S/C21H26O3/c1-3-5-10-17-11-6-7-12-18(17)15-16-24-21(22)19-13-8-9-14-20(19)23-4-2/h6-9,11-14H,3-5,10,15-16H2,1-2H3. The van der Waals surface area contributed by atoms with Gasteiger partial charge in [-0.15, -0.1) is 0 Å². The van der Waals surface area contributed by atoms with E-state index in [0.717, 1.165) is 12.8 Å². The predicted molar refractivity (Wildman–Crippen MR) is 96.7 cm³/mol. The second-order valence-corrected chi connectivity index (χ2v) is 5.69. The maximum absolute atomic E-state index is 12.3. The normalized spacial score (nSPS) is 10.4. The molecule has 0 aliphatic carbocycles. The molecule has 128 valence electrons. The molecule has 0 unspecified atom stereocenters. The summed E-state index contributed by atoms with van der Waals surface area (Å²) in [6.07, 6.45) is 4.17. The van der Waals surface area contributed by atoms with Crippen molar-refractivity contribution in [3.8, 4) is 5.75 Å². The van der Waals surface area contributed by atoms with E-state index in [1.54, 1.807) is 12.1 Å². The average molecular weight is 326 g/mol. The zero-order chi connectivity index (χ0) is 17.2. The van der Waals surface area contributed by atoms with Crippen molar-refractivity contribution in [3.63, 3.8) is 0 Å². The maximum atomic E-state index is 12.3. The van der Waals surface area contributed by atoms with Crippen molar-refractivity contribution >= 4 is 5.97 Å². The third-order valence-corrected chi connectivity index (χ3v) is 3.93. The number of hydrogen-bond donors (Lipinski definition) is 0. The van der Waals surface area contributed by atoms with Gasteiger partial charge in [-0.3, -0.25) is 0 Å². The van der Waals surface area contributed by atoms with E-state index in [9.17, 15) is 4.79 Å². The molecule has 0 spiro atoms. The average Bonchev–Trinajstić information content (AvgIpc) is 2.61. The summed E-state index contributed by atoms with van der Waals surface area (Å²) in [6, 6.07) is 15.6. The summed E-state index contributed by atoms with van der Waals surface area (Å²) in [4.78, 5) is 12.3. The number of benzene rings is 2. The van der Waals surface area contributed by atoms with Gasteiger partial charge in [0.25, 0.3) is 0 Å². The van der Waals surface area contributed by atoms with Crippen LogP contribution in [0.5, 0.6) is 5.75 Å². The molecule has 0 N–H and O–H groups in total. The molecule has 0 amide bonds. The molecule has 0 radical (unpaired) electrons. The highest BCUT2D eigenvalue weighted by molar-refractivity contribution is 5.92. The highest BCUT2D eigenvalue weighted by atomic mass is 16.5. The molecule has 0 saturated carbocycles. The molecule has 0 bridgehead atoms. The lowest BCUT2D eigenvalue weighted by Gasteiger charge is -2.11. The van der Waals surface area contributed by atoms with E-state index in [1.807, 2.05) is 25.1 Å². The summed E-state index contributed by atoms with van der Waals surface area (Å²) >= 11 is 0. The van der Waals surface area contributed by atoms with Crippen molar-refractivity contribution in [2.24, 2.45) is 0 Å². The molecule has 0 saturated heterocycles. The van der Waals surface area contributed by atoms with Crippen LogP contribution < -0.4 is 4.74 Å². The highest BCUT2D eigenvalue weighted by Gasteiger charge is 2.13. The van der Waals surface area contributed by atoms with Crippen LogP contribution in [0.3, 0.4) is 0 Å². The Morgan fingerprint density at radius 1 is 0.917 bits per heavy atom. The van der Waals surface area contributed by atoms with Crippen LogP contribution in [0.15, 0.2) is 48.5 Å². The summed E-state index contributed by atoms with van der Waals surface area (Å²) < 4.78 is 10.9. The summed E-state index contributed by atoms with van der Waals surface area (Å²) in [7, 11) is 0. The number of hydrogen-bond acceptors (Lipinski definition) is 3. The lowest BCUT2D eigenvalue weighted by molar-refractivity contribution is 0.0504. The molecule has 0 aromatic heterocycles. The molecule has 0 atom stereocenters. The highest BCUT2D eigenvalue weighted by Crippen LogP contribution is 2.19. The largest absolute Gasteiger partial charge is 0.493 e. The number of rotatable bonds is 9. The molecule has 3 nitrogen and oxygen atoms in total. The zero-order valence-electron chi connectivity index (χ0n) is 14.6. The summed E-state index contributed by atoms with van der Waals surface area (Å²) in [5.41, 5.74) is 3.10. The zero-order valence-corrected chi connectivity index (χ0v) is 14.6. The van der Waals surface area contributed by atoms with Crippen LogP contribution in [0.4, 0.5) is 0 Å². The Bertz CT molecular complexity index is 649. The van der Waals surface area contributed by atoms with Gasteiger partial charge in [0.2, 0.25) is 0 Å². The van der Waals surface area contributed by atoms with Crippen LogP contribution >= 0.6 is 0 Å². The second kappa shape index (κ2) is 9.76. The topological polar surface area (TPSA) is 35.5 Å². The van der Waals surface area contributed by atoms with Gasteiger partial charge in [0.05, 0.1) is 13.2 Å². The fourth-order valence-electron chi connectivity index (χ4n) is 2.66. The third kappa shape index (κ3) is 5.12. The van der Waals surface area contributed by atoms with Crippen molar-refractivity contribution in [3.05, 3.63) is 65.2 Å². The summed E-state index contributed by atoms with van der Waals surface area (Å²) in [6.45, 7) is 4.99. The summed E-state index contributed by atoms with van der Waals surface area (Å²) in [5.74, 6) is 0.249. The monoisotopic (exact) mass is 326 g/mol. The number of esters is 1. The minimum atomic E-state index is -0.329. The van der Waals surface area contributed by atoms with E-state index in [4.69, 9.17) is 9.47 Å². The number of para-hydroxylation sites is 1. The van der Waals surface area contributed by atoms with Gasteiger partial charge in [0.15, 0.2) is 0 Å². The Kier molecular flexibility index (Phi) is 7.34. The minimum absolute atomic E-state index is 0.329. The Morgan fingerprint density at radius 3 is 2.29 bits per heavy atom. The van der Waals surface area contributed by atoms with Gasteiger partial charge >= 0.3 is 5.97 Å². The minimum Gasteiger partial charge on any atom is -0.493 e. The third-order valence-electron chi connectivity index (χ3n) is 3.93. The van der Waals surface area contributed by atoms with Crippen molar-refractivity contribution in [1.29, 1.82) is 0 Å². The number of aryl methyl sites for hydroxylation is 1. The number of ether oxygens (including phenoxy) is 2. The van der Waals surface area contributed by atoms with E-state index < -0.39 is 0 Å². The van der Waals surface area contributed by atoms with Crippen LogP contribution in [0.1, 0.15) is 48.2 Å². The van der Waals surface area contributed by atoms with Crippen LogP contribution in [-0.2, 0) is 17.6 Å². The molecule has 0 heterocycles. The smallest absolute Gasteiger partial charge is 0.341 e. The molecule has 3 heteroatoms. The second-order valence-electron chi connectivity index (χ2n) is 5.69. The molecule has 24 heavy (non-hydrogen) atoms. The van der Waals surface area contributed by atoms with Gasteiger partial charge < -0.3 is 9.47 Å². The number of carbonyl (C=O) groups excluding carboxylic acids is 1. The maximum Gasteiger partial charge on any atom is 0.341 e. The molecule has 0 fully saturated rings. The van der Waals surface area contributed by atoms with Crippen LogP contribution in [0.2, 0.25) is 0 Å². The lowest BCUT2D eigenvalue weighted by Crippen LogP contribution is -2.11. The Hall–Kier alpha value is -2.29. The van der Waals surface area contributed by atoms with Crippen LogP contribution in [-0.4, -0.2) is 19.2 Å². The van der Waals surface area contributed by atoms with Gasteiger partial charge in [0, 0.05) is 6.42 Å². The first kappa shape index (κ1) is 18.1. The Balaban J connectivity index is 1.94. The van der Waals surface area contributed by atoms with Crippen LogP contribution in [0, 0.1) is 0 Å². The van der Waals surface area contributed by atoms with Crippen LogP contribution in [0.25, 0.3) is 0 Å². The fourth-order valence-corrected chi connectivity index (χ4v) is 2.66. The molecule has 0 aliphatic heterocycles. The molecule has 2 aromatic carbocycles. The number of unbranched alkanes of at least 4 members (excludes halogenated alkanes) is 1. The molecular weight excluding hydrogens is 300 g/mol. The van der Waals surface area contributed by atoms with Gasteiger partial charge in [-0.05, 0) is 43.0 Å². The molecular formula is C21H26O3. The summed E-state index contributed by atoms with van der Waals surface area (Å²) in [5, 5.41) is 0. The van der Waals surface area contributed by atoms with Crippen molar-refractivity contribution < 1.29 is 14.3 Å². The van der Waals surface area contributed by atoms with E-state index in [2.05, 4.69) is 25.1 Å². The first-order valence-electron chi connectivity index (χ1n) is 8.72. The van der Waals surface area contributed by atoms with Gasteiger partial charge in [-0.25, -0.2) is 4.79 Å². The van der Waals surface area contributed by atoms with E-state index in [1.165, 1.54) is 24.0 Å². The first-order chi connectivity index (χ1) is 11.8. The Morgan fingerprint density at radius 2 is 1.58 bits per heavy atom. The predicted octanol–water partition coefficient (Wildman–Crippen LogP) is 4.83.